The number of hydrogen-bond acceptors (Lipinski definition) is 3. The molecule has 0 amide bonds. The second-order valence-electron chi connectivity index (χ2n) is 4.47. The van der Waals surface area contributed by atoms with Gasteiger partial charge >= 0.3 is 0 Å². The molecule has 1 fully saturated rings. The number of nitrogens with zero attached hydrogens (tertiary/aromatic N) is 3. The smallest absolute Gasteiger partial charge is 0.146 e. The molecule has 1 saturated carbocycles. The minimum absolute atomic E-state index is 0.312. The summed E-state index contributed by atoms with van der Waals surface area (Å²) in [5.74, 6) is 0. The van der Waals surface area contributed by atoms with E-state index in [9.17, 15) is 0 Å². The molecule has 0 spiro atoms. The summed E-state index contributed by atoms with van der Waals surface area (Å²) in [6.45, 7) is 0. The first-order valence-electron chi connectivity index (χ1n) is 5.59. The maximum absolute atomic E-state index is 6.12. The van der Waals surface area contributed by atoms with E-state index in [0.717, 1.165) is 33.9 Å². The monoisotopic (exact) mass is 362 g/mol. The van der Waals surface area contributed by atoms with Crippen LogP contribution < -0.4 is 5.73 Å². The van der Waals surface area contributed by atoms with E-state index in [1.54, 1.807) is 0 Å². The van der Waals surface area contributed by atoms with Gasteiger partial charge in [-0.1, -0.05) is 11.6 Å². The fraction of sp³-hybridized carbons (Fsp3) is 0.455. The molecule has 1 aliphatic rings. The van der Waals surface area contributed by atoms with Crippen molar-refractivity contribution in [1.29, 1.82) is 0 Å². The van der Waals surface area contributed by atoms with Crippen LogP contribution in [-0.4, -0.2) is 20.6 Å². The van der Waals surface area contributed by atoms with Crippen LogP contribution in [0.2, 0.25) is 5.15 Å². The topological polar surface area (TPSA) is 56.7 Å². The fourth-order valence-corrected chi connectivity index (χ4v) is 3.71. The van der Waals surface area contributed by atoms with Crippen molar-refractivity contribution in [2.45, 2.75) is 31.3 Å². The van der Waals surface area contributed by atoms with Crippen molar-refractivity contribution in [1.82, 2.24) is 14.5 Å². The first-order chi connectivity index (χ1) is 8.16. The SMILES string of the molecule is N[C@@H]1CC[C@H](n2cc(I)c3c(Cl)ncnc32)C1. The van der Waals surface area contributed by atoms with Gasteiger partial charge in [0.25, 0.3) is 0 Å². The highest BCUT2D eigenvalue weighted by atomic mass is 127. The zero-order valence-corrected chi connectivity index (χ0v) is 12.0. The molecule has 2 N–H and O–H groups in total. The molecule has 6 heteroatoms. The van der Waals surface area contributed by atoms with Gasteiger partial charge in [-0.15, -0.1) is 0 Å². The summed E-state index contributed by atoms with van der Waals surface area (Å²) in [6.07, 6.45) is 6.84. The zero-order valence-electron chi connectivity index (χ0n) is 9.11. The molecule has 2 aromatic rings. The summed E-state index contributed by atoms with van der Waals surface area (Å²) < 4.78 is 3.31. The van der Waals surface area contributed by atoms with E-state index in [1.807, 2.05) is 0 Å². The summed E-state index contributed by atoms with van der Waals surface area (Å²) >= 11 is 8.40. The summed E-state index contributed by atoms with van der Waals surface area (Å²) in [5.41, 5.74) is 6.89. The largest absolute Gasteiger partial charge is 0.328 e. The molecule has 0 unspecified atom stereocenters. The van der Waals surface area contributed by atoms with E-state index >= 15 is 0 Å². The van der Waals surface area contributed by atoms with Crippen LogP contribution in [0.1, 0.15) is 25.3 Å². The highest BCUT2D eigenvalue weighted by Crippen LogP contribution is 2.35. The van der Waals surface area contributed by atoms with E-state index in [-0.39, 0.29) is 0 Å². The Hall–Kier alpha value is -0.400. The summed E-state index contributed by atoms with van der Waals surface area (Å²) in [4.78, 5) is 8.39. The van der Waals surface area contributed by atoms with Crippen molar-refractivity contribution in [3.8, 4) is 0 Å². The van der Waals surface area contributed by atoms with E-state index in [2.05, 4.69) is 43.3 Å². The van der Waals surface area contributed by atoms with Crippen molar-refractivity contribution in [3.63, 3.8) is 0 Å². The van der Waals surface area contributed by atoms with E-state index < -0.39 is 0 Å². The minimum atomic E-state index is 0.312. The predicted octanol–water partition coefficient (Wildman–Crippen LogP) is 2.74. The highest BCUT2D eigenvalue weighted by molar-refractivity contribution is 14.1. The molecule has 2 heterocycles. The number of hydrogen-bond donors (Lipinski definition) is 1. The molecule has 0 radical (unpaired) electrons. The molecule has 2 atom stereocenters. The Bertz CT molecular complexity index is 568. The van der Waals surface area contributed by atoms with E-state index in [0.29, 0.717) is 17.2 Å². The molecule has 0 bridgehead atoms. The van der Waals surface area contributed by atoms with Crippen LogP contribution in [0.15, 0.2) is 12.5 Å². The number of halogens is 2. The second-order valence-corrected chi connectivity index (χ2v) is 5.99. The van der Waals surface area contributed by atoms with Gasteiger partial charge in [0, 0.05) is 21.9 Å². The molecule has 0 aromatic carbocycles. The van der Waals surface area contributed by atoms with Crippen LogP contribution in [0.5, 0.6) is 0 Å². The highest BCUT2D eigenvalue weighted by Gasteiger charge is 2.25. The number of rotatable bonds is 1. The van der Waals surface area contributed by atoms with Crippen LogP contribution in [0.3, 0.4) is 0 Å². The third-order valence-corrected chi connectivity index (χ3v) is 4.46. The minimum Gasteiger partial charge on any atom is -0.328 e. The number of nitrogens with two attached hydrogens (primary N) is 1. The fourth-order valence-electron chi connectivity index (χ4n) is 2.53. The summed E-state index contributed by atoms with van der Waals surface area (Å²) in [5, 5.41) is 1.48. The molecular weight excluding hydrogens is 351 g/mol. The Morgan fingerprint density at radius 2 is 2.24 bits per heavy atom. The third-order valence-electron chi connectivity index (χ3n) is 3.36. The first-order valence-corrected chi connectivity index (χ1v) is 7.04. The Morgan fingerprint density at radius 3 is 2.94 bits per heavy atom. The Labute approximate surface area is 118 Å². The number of aromatic nitrogens is 3. The molecule has 3 rings (SSSR count). The lowest BCUT2D eigenvalue weighted by atomic mass is 10.2. The van der Waals surface area contributed by atoms with Crippen molar-refractivity contribution in [2.24, 2.45) is 5.73 Å². The van der Waals surface area contributed by atoms with Gasteiger partial charge in [-0.25, -0.2) is 9.97 Å². The normalized spacial score (nSPS) is 24.6. The predicted molar refractivity (Wildman–Crippen MR) is 76.1 cm³/mol. The lowest BCUT2D eigenvalue weighted by Crippen LogP contribution is -2.15. The van der Waals surface area contributed by atoms with E-state index in [1.165, 1.54) is 6.33 Å². The van der Waals surface area contributed by atoms with Gasteiger partial charge in [-0.05, 0) is 41.9 Å². The van der Waals surface area contributed by atoms with Crippen molar-refractivity contribution >= 4 is 45.2 Å². The maximum Gasteiger partial charge on any atom is 0.146 e. The van der Waals surface area contributed by atoms with Crippen molar-refractivity contribution in [3.05, 3.63) is 21.2 Å². The van der Waals surface area contributed by atoms with Crippen LogP contribution in [0, 0.1) is 3.57 Å². The maximum atomic E-state index is 6.12. The summed E-state index contributed by atoms with van der Waals surface area (Å²) in [7, 11) is 0. The number of fused-ring (bicyclic) bond motifs is 1. The van der Waals surface area contributed by atoms with Gasteiger partial charge < -0.3 is 10.3 Å². The van der Waals surface area contributed by atoms with Gasteiger partial charge in [0.2, 0.25) is 0 Å². The third kappa shape index (κ3) is 1.94. The Balaban J connectivity index is 2.14. The standard InChI is InChI=1S/C11H12ClIN4/c12-10-9-8(13)4-17(11(9)16-5-15-10)7-2-1-6(14)3-7/h4-7H,1-3,14H2/t6-,7+/m1/s1. The van der Waals surface area contributed by atoms with Crippen LogP contribution >= 0.6 is 34.2 Å². The molecule has 4 nitrogen and oxygen atoms in total. The second kappa shape index (κ2) is 4.37. The quantitative estimate of drug-likeness (QED) is 0.627. The van der Waals surface area contributed by atoms with Crippen molar-refractivity contribution in [2.75, 3.05) is 0 Å². The van der Waals surface area contributed by atoms with Crippen LogP contribution in [0.25, 0.3) is 11.0 Å². The van der Waals surface area contributed by atoms with Gasteiger partial charge in [0.1, 0.15) is 17.1 Å². The van der Waals surface area contributed by atoms with Gasteiger partial charge in [-0.2, -0.15) is 0 Å². The lowest BCUT2D eigenvalue weighted by Gasteiger charge is -2.12. The van der Waals surface area contributed by atoms with Crippen LogP contribution in [0.4, 0.5) is 0 Å². The molecule has 90 valence electrons. The van der Waals surface area contributed by atoms with Gasteiger partial charge in [-0.3, -0.25) is 0 Å². The average molecular weight is 363 g/mol. The Kier molecular flexibility index (Phi) is 3.00. The van der Waals surface area contributed by atoms with Gasteiger partial charge in [0.15, 0.2) is 0 Å². The summed E-state index contributed by atoms with van der Waals surface area (Å²) in [6, 6.07) is 0.759. The van der Waals surface area contributed by atoms with E-state index in [4.69, 9.17) is 17.3 Å². The lowest BCUT2D eigenvalue weighted by molar-refractivity contribution is 0.522. The molecule has 17 heavy (non-hydrogen) atoms. The molecule has 1 aliphatic carbocycles. The Morgan fingerprint density at radius 1 is 1.41 bits per heavy atom. The molecule has 0 saturated heterocycles. The molecule has 0 aliphatic heterocycles. The van der Waals surface area contributed by atoms with Crippen LogP contribution in [-0.2, 0) is 0 Å². The zero-order chi connectivity index (χ0) is 12.0. The van der Waals surface area contributed by atoms with Crippen molar-refractivity contribution < 1.29 is 0 Å². The van der Waals surface area contributed by atoms with Gasteiger partial charge in [0.05, 0.1) is 5.39 Å². The molecular formula is C11H12ClIN4. The average Bonchev–Trinajstić information content (AvgIpc) is 2.84. The molecule has 2 aromatic heterocycles. The first kappa shape index (κ1) is 11.7.